The second kappa shape index (κ2) is 5.21. The molecule has 0 aliphatic heterocycles. The van der Waals surface area contributed by atoms with Gasteiger partial charge in [0.25, 0.3) is 6.43 Å². The lowest BCUT2D eigenvalue weighted by Crippen LogP contribution is -2.07. The number of carbonyl (C=O) groups excluding carboxylic acids is 1. The van der Waals surface area contributed by atoms with Gasteiger partial charge in [0.05, 0.1) is 13.7 Å². The predicted octanol–water partition coefficient (Wildman–Crippen LogP) is 2.46. The topological polar surface area (TPSA) is 52.8 Å². The number of nitrogens with zero attached hydrogens (tertiary/aromatic N) is 2. The van der Waals surface area contributed by atoms with Crippen LogP contribution in [0, 0.1) is 0 Å². The molecule has 5 nitrogen and oxygen atoms in total. The third-order valence-corrected chi connectivity index (χ3v) is 2.50. The van der Waals surface area contributed by atoms with E-state index in [0.717, 1.165) is 0 Å². The number of fused-ring (bicyclic) bond motifs is 1. The fourth-order valence-electron chi connectivity index (χ4n) is 1.68. The molecular weight excluding hydrogens is 258 g/mol. The largest absolute Gasteiger partial charge is 0.493 e. The highest BCUT2D eigenvalue weighted by atomic mass is 19.3. The molecule has 2 heterocycles. The first kappa shape index (κ1) is 13.3. The van der Waals surface area contributed by atoms with Crippen LogP contribution in [0.1, 0.15) is 29.4 Å². The minimum absolute atomic E-state index is 0.162. The van der Waals surface area contributed by atoms with Crippen LogP contribution in [0.5, 0.6) is 5.75 Å². The Bertz CT molecular complexity index is 610. The van der Waals surface area contributed by atoms with Crippen molar-refractivity contribution >= 4 is 11.6 Å². The zero-order chi connectivity index (χ0) is 14.0. The lowest BCUT2D eigenvalue weighted by molar-refractivity contribution is 0.0595. The van der Waals surface area contributed by atoms with Crippen LogP contribution in [0.4, 0.5) is 8.78 Å². The van der Waals surface area contributed by atoms with Crippen LogP contribution in [0.15, 0.2) is 18.5 Å². The second-order valence-electron chi connectivity index (χ2n) is 3.71. The van der Waals surface area contributed by atoms with E-state index in [9.17, 15) is 13.6 Å². The average Bonchev–Trinajstić information content (AvgIpc) is 2.80. The Hall–Kier alpha value is -2.18. The second-order valence-corrected chi connectivity index (χ2v) is 3.71. The maximum Gasteiger partial charge on any atom is 0.343 e. The minimum atomic E-state index is -2.67. The molecule has 0 aromatic carbocycles. The van der Waals surface area contributed by atoms with E-state index in [1.165, 1.54) is 30.0 Å². The van der Waals surface area contributed by atoms with E-state index in [4.69, 9.17) is 4.74 Å². The summed E-state index contributed by atoms with van der Waals surface area (Å²) in [4.78, 5) is 15.4. The van der Waals surface area contributed by atoms with E-state index in [-0.39, 0.29) is 22.7 Å². The molecule has 0 spiro atoms. The van der Waals surface area contributed by atoms with Gasteiger partial charge in [-0.25, -0.2) is 18.6 Å². The summed E-state index contributed by atoms with van der Waals surface area (Å²) in [5.41, 5.74) is 0.0888. The number of hydrogen-bond acceptors (Lipinski definition) is 4. The molecule has 2 rings (SSSR count). The number of esters is 1. The van der Waals surface area contributed by atoms with Gasteiger partial charge in [-0.05, 0) is 6.92 Å². The summed E-state index contributed by atoms with van der Waals surface area (Å²) < 4.78 is 36.4. The predicted molar refractivity (Wildman–Crippen MR) is 62.7 cm³/mol. The molecule has 0 saturated heterocycles. The van der Waals surface area contributed by atoms with E-state index in [1.54, 1.807) is 6.92 Å². The Morgan fingerprint density at radius 1 is 1.47 bits per heavy atom. The third-order valence-electron chi connectivity index (χ3n) is 2.50. The molecule has 0 radical (unpaired) electrons. The standard InChI is InChI=1S/C12H12F2N2O3/c1-3-19-9-4-10-15-8(11(13)14)6-16(10)5-7(9)12(17)18-2/h4-6,11H,3H2,1-2H3. The number of imidazole rings is 1. The number of alkyl halides is 2. The minimum Gasteiger partial charge on any atom is -0.493 e. The quantitative estimate of drug-likeness (QED) is 0.801. The number of hydrogen-bond donors (Lipinski definition) is 0. The number of ether oxygens (including phenoxy) is 2. The Kier molecular flexibility index (Phi) is 3.64. The van der Waals surface area contributed by atoms with Crippen molar-refractivity contribution in [2.75, 3.05) is 13.7 Å². The van der Waals surface area contributed by atoms with Crippen molar-refractivity contribution in [1.29, 1.82) is 0 Å². The molecule has 102 valence electrons. The fraction of sp³-hybridized carbons (Fsp3) is 0.333. The van der Waals surface area contributed by atoms with Crippen LogP contribution in [-0.2, 0) is 4.74 Å². The molecule has 19 heavy (non-hydrogen) atoms. The normalized spacial score (nSPS) is 11.0. The van der Waals surface area contributed by atoms with E-state index in [0.29, 0.717) is 6.61 Å². The van der Waals surface area contributed by atoms with Crippen LogP contribution in [0.2, 0.25) is 0 Å². The molecule has 0 bridgehead atoms. The maximum atomic E-state index is 12.6. The lowest BCUT2D eigenvalue weighted by atomic mass is 10.2. The average molecular weight is 270 g/mol. The first-order valence-corrected chi connectivity index (χ1v) is 5.58. The molecule has 0 amide bonds. The highest BCUT2D eigenvalue weighted by Gasteiger charge is 2.18. The van der Waals surface area contributed by atoms with Gasteiger partial charge in [-0.15, -0.1) is 0 Å². The molecule has 0 unspecified atom stereocenters. The van der Waals surface area contributed by atoms with Crippen LogP contribution in [0.25, 0.3) is 5.65 Å². The summed E-state index contributed by atoms with van der Waals surface area (Å²) in [5.74, 6) is -0.342. The summed E-state index contributed by atoms with van der Waals surface area (Å²) in [6.07, 6.45) is -0.134. The molecule has 0 N–H and O–H groups in total. The number of methoxy groups -OCH3 is 1. The molecule has 0 atom stereocenters. The molecule has 0 aliphatic rings. The van der Waals surface area contributed by atoms with Crippen molar-refractivity contribution in [3.8, 4) is 5.75 Å². The summed E-state index contributed by atoms with van der Waals surface area (Å²) in [6.45, 7) is 2.09. The molecule has 2 aromatic rings. The summed E-state index contributed by atoms with van der Waals surface area (Å²) in [5, 5.41) is 0. The Morgan fingerprint density at radius 3 is 2.79 bits per heavy atom. The SMILES string of the molecule is CCOc1cc2nc(C(F)F)cn2cc1C(=O)OC. The van der Waals surface area contributed by atoms with Gasteiger partial charge < -0.3 is 13.9 Å². The van der Waals surface area contributed by atoms with E-state index in [1.807, 2.05) is 0 Å². The summed E-state index contributed by atoms with van der Waals surface area (Å²) in [6, 6.07) is 1.43. The smallest absolute Gasteiger partial charge is 0.343 e. The molecule has 7 heteroatoms. The molecule has 0 aliphatic carbocycles. The Labute approximate surface area is 107 Å². The Balaban J connectivity index is 2.58. The first-order chi connectivity index (χ1) is 9.06. The Morgan fingerprint density at radius 2 is 2.21 bits per heavy atom. The zero-order valence-electron chi connectivity index (χ0n) is 10.4. The van der Waals surface area contributed by atoms with E-state index < -0.39 is 12.4 Å². The first-order valence-electron chi connectivity index (χ1n) is 5.58. The number of rotatable bonds is 4. The lowest BCUT2D eigenvalue weighted by Gasteiger charge is -2.09. The molecule has 2 aromatic heterocycles. The molecular formula is C12H12F2N2O3. The van der Waals surface area contributed by atoms with Crippen molar-refractivity contribution in [2.24, 2.45) is 0 Å². The number of aromatic nitrogens is 2. The monoisotopic (exact) mass is 270 g/mol. The van der Waals surface area contributed by atoms with Crippen LogP contribution in [-0.4, -0.2) is 29.1 Å². The van der Waals surface area contributed by atoms with Gasteiger partial charge in [-0.1, -0.05) is 0 Å². The van der Waals surface area contributed by atoms with Crippen LogP contribution in [0.3, 0.4) is 0 Å². The summed E-state index contributed by atoms with van der Waals surface area (Å²) >= 11 is 0. The van der Waals surface area contributed by atoms with Gasteiger partial charge in [0.15, 0.2) is 0 Å². The van der Waals surface area contributed by atoms with Gasteiger partial charge in [0.1, 0.15) is 22.7 Å². The summed E-state index contributed by atoms with van der Waals surface area (Å²) in [7, 11) is 1.24. The van der Waals surface area contributed by atoms with Gasteiger partial charge in [-0.2, -0.15) is 0 Å². The zero-order valence-corrected chi connectivity index (χ0v) is 10.4. The number of halogens is 2. The van der Waals surface area contributed by atoms with Crippen molar-refractivity contribution < 1.29 is 23.0 Å². The van der Waals surface area contributed by atoms with Crippen LogP contribution < -0.4 is 4.74 Å². The van der Waals surface area contributed by atoms with E-state index in [2.05, 4.69) is 9.72 Å². The van der Waals surface area contributed by atoms with Crippen molar-refractivity contribution in [2.45, 2.75) is 13.3 Å². The van der Waals surface area contributed by atoms with Crippen molar-refractivity contribution in [3.05, 3.63) is 29.7 Å². The van der Waals surface area contributed by atoms with Gasteiger partial charge in [-0.3, -0.25) is 0 Å². The van der Waals surface area contributed by atoms with Crippen LogP contribution >= 0.6 is 0 Å². The number of carbonyl (C=O) groups is 1. The highest BCUT2D eigenvalue weighted by molar-refractivity contribution is 5.92. The fourth-order valence-corrected chi connectivity index (χ4v) is 1.68. The van der Waals surface area contributed by atoms with Gasteiger partial charge in [0, 0.05) is 18.5 Å². The van der Waals surface area contributed by atoms with Gasteiger partial charge in [0.2, 0.25) is 0 Å². The van der Waals surface area contributed by atoms with Gasteiger partial charge >= 0.3 is 5.97 Å². The molecule has 0 fully saturated rings. The molecule has 0 saturated carbocycles. The maximum absolute atomic E-state index is 12.6. The number of pyridine rings is 1. The van der Waals surface area contributed by atoms with Crippen molar-refractivity contribution in [1.82, 2.24) is 9.38 Å². The van der Waals surface area contributed by atoms with Crippen molar-refractivity contribution in [3.63, 3.8) is 0 Å². The van der Waals surface area contributed by atoms with E-state index >= 15 is 0 Å². The third kappa shape index (κ3) is 2.49. The highest BCUT2D eigenvalue weighted by Crippen LogP contribution is 2.24.